The summed E-state index contributed by atoms with van der Waals surface area (Å²) in [5, 5.41) is 10.2. The molecule has 0 aliphatic heterocycles. The lowest BCUT2D eigenvalue weighted by molar-refractivity contribution is -0.134. The molecule has 4 nitrogen and oxygen atoms in total. The van der Waals surface area contributed by atoms with Crippen LogP contribution in [0.2, 0.25) is 5.02 Å². The molecule has 6 heteroatoms. The Bertz CT molecular complexity index is 460. The quantitative estimate of drug-likeness (QED) is 0.888. The first-order chi connectivity index (χ1) is 8.69. The van der Waals surface area contributed by atoms with Gasteiger partial charge in [-0.3, -0.25) is 4.79 Å². The van der Waals surface area contributed by atoms with Crippen LogP contribution in [0.25, 0.3) is 0 Å². The zero-order valence-corrected chi connectivity index (χ0v) is 13.5. The van der Waals surface area contributed by atoms with Gasteiger partial charge in [-0.2, -0.15) is 0 Å². The average Bonchev–Trinajstić information content (AvgIpc) is 2.25. The van der Waals surface area contributed by atoms with E-state index in [1.165, 1.54) is 4.90 Å². The fourth-order valence-electron chi connectivity index (χ4n) is 1.51. The Morgan fingerprint density at radius 2 is 2.16 bits per heavy atom. The summed E-state index contributed by atoms with van der Waals surface area (Å²) in [5.74, 6) is 0.346. The van der Waals surface area contributed by atoms with Crippen LogP contribution in [-0.2, 0) is 4.79 Å². The molecule has 0 saturated carbocycles. The van der Waals surface area contributed by atoms with Crippen molar-refractivity contribution in [1.82, 2.24) is 4.90 Å². The molecule has 0 spiro atoms. The molecule has 0 bridgehead atoms. The second-order valence-corrected chi connectivity index (χ2v) is 6.22. The van der Waals surface area contributed by atoms with E-state index in [2.05, 4.69) is 15.9 Å². The van der Waals surface area contributed by atoms with Crippen LogP contribution in [0.5, 0.6) is 5.75 Å². The van der Waals surface area contributed by atoms with Crippen LogP contribution < -0.4 is 4.74 Å². The molecule has 0 fully saturated rings. The van der Waals surface area contributed by atoms with Crippen LogP contribution in [0.4, 0.5) is 0 Å². The molecule has 1 rings (SSSR count). The molecule has 0 unspecified atom stereocenters. The van der Waals surface area contributed by atoms with Gasteiger partial charge in [-0.1, -0.05) is 11.6 Å². The fourth-order valence-corrected chi connectivity index (χ4v) is 2.31. The van der Waals surface area contributed by atoms with Gasteiger partial charge in [0.25, 0.3) is 5.91 Å². The van der Waals surface area contributed by atoms with E-state index in [1.807, 2.05) is 0 Å². The molecule has 1 N–H and O–H groups in total. The minimum absolute atomic E-state index is 0.0905. The minimum atomic E-state index is -0.925. The van der Waals surface area contributed by atoms with E-state index >= 15 is 0 Å². The van der Waals surface area contributed by atoms with Gasteiger partial charge in [0, 0.05) is 18.6 Å². The fraction of sp³-hybridized carbons (Fsp3) is 0.462. The molecule has 106 valence electrons. The second-order valence-electron chi connectivity index (χ2n) is 4.93. The van der Waals surface area contributed by atoms with Gasteiger partial charge in [-0.25, -0.2) is 0 Å². The number of benzene rings is 1. The van der Waals surface area contributed by atoms with Gasteiger partial charge in [-0.15, -0.1) is 0 Å². The lowest BCUT2D eigenvalue weighted by atomic mass is 10.1. The Labute approximate surface area is 126 Å². The van der Waals surface area contributed by atoms with Crippen molar-refractivity contribution in [2.24, 2.45) is 0 Å². The van der Waals surface area contributed by atoms with E-state index in [1.54, 1.807) is 39.1 Å². The Balaban J connectivity index is 2.54. The Kier molecular flexibility index (Phi) is 5.64. The maximum absolute atomic E-state index is 11.8. The van der Waals surface area contributed by atoms with E-state index in [-0.39, 0.29) is 19.1 Å². The molecular formula is C13H17BrClNO3. The predicted molar refractivity (Wildman–Crippen MR) is 78.6 cm³/mol. The van der Waals surface area contributed by atoms with Crippen molar-refractivity contribution in [1.29, 1.82) is 0 Å². The van der Waals surface area contributed by atoms with Gasteiger partial charge in [-0.05, 0) is 48.0 Å². The molecule has 0 aliphatic rings. The average molecular weight is 351 g/mol. The number of ether oxygens (including phenoxy) is 1. The number of carbonyl (C=O) groups is 1. The van der Waals surface area contributed by atoms with Crippen LogP contribution in [0.15, 0.2) is 22.7 Å². The van der Waals surface area contributed by atoms with Gasteiger partial charge < -0.3 is 14.7 Å². The van der Waals surface area contributed by atoms with E-state index in [4.69, 9.17) is 16.3 Å². The maximum Gasteiger partial charge on any atom is 0.260 e. The van der Waals surface area contributed by atoms with Crippen molar-refractivity contribution < 1.29 is 14.6 Å². The number of aliphatic hydroxyl groups is 1. The van der Waals surface area contributed by atoms with Gasteiger partial charge in [0.2, 0.25) is 0 Å². The summed E-state index contributed by atoms with van der Waals surface area (Å²) >= 11 is 9.12. The van der Waals surface area contributed by atoms with Gasteiger partial charge in [0.1, 0.15) is 5.75 Å². The van der Waals surface area contributed by atoms with E-state index in [0.29, 0.717) is 15.2 Å². The zero-order valence-electron chi connectivity index (χ0n) is 11.1. The largest absolute Gasteiger partial charge is 0.483 e. The minimum Gasteiger partial charge on any atom is -0.483 e. The number of hydrogen-bond donors (Lipinski definition) is 1. The molecule has 0 atom stereocenters. The van der Waals surface area contributed by atoms with E-state index in [9.17, 15) is 9.90 Å². The number of carbonyl (C=O) groups excluding carboxylic acids is 1. The summed E-state index contributed by atoms with van der Waals surface area (Å²) in [6.45, 7) is 3.45. The van der Waals surface area contributed by atoms with Crippen molar-refractivity contribution >= 4 is 33.4 Å². The smallest absolute Gasteiger partial charge is 0.260 e. The van der Waals surface area contributed by atoms with Crippen molar-refractivity contribution in [3.8, 4) is 5.75 Å². The maximum atomic E-state index is 11.8. The highest BCUT2D eigenvalue weighted by atomic mass is 79.9. The van der Waals surface area contributed by atoms with Crippen molar-refractivity contribution in [2.75, 3.05) is 20.2 Å². The highest BCUT2D eigenvalue weighted by Gasteiger charge is 2.19. The molecule has 1 aromatic rings. The molecule has 19 heavy (non-hydrogen) atoms. The van der Waals surface area contributed by atoms with Crippen LogP contribution in [-0.4, -0.2) is 41.7 Å². The Morgan fingerprint density at radius 3 is 2.68 bits per heavy atom. The Hall–Kier alpha value is -0.780. The summed E-state index contributed by atoms with van der Waals surface area (Å²) in [5.41, 5.74) is -0.925. The van der Waals surface area contributed by atoms with Crippen LogP contribution >= 0.6 is 27.5 Å². The molecule has 0 aliphatic carbocycles. The first kappa shape index (κ1) is 16.3. The number of nitrogens with zero attached hydrogens (tertiary/aromatic N) is 1. The monoisotopic (exact) mass is 349 g/mol. The second kappa shape index (κ2) is 6.59. The number of likely N-dealkylation sites (N-methyl/N-ethyl adjacent to an activating group) is 1. The topological polar surface area (TPSA) is 49.8 Å². The van der Waals surface area contributed by atoms with Crippen LogP contribution in [0.1, 0.15) is 13.8 Å². The first-order valence-corrected chi connectivity index (χ1v) is 6.90. The summed E-state index contributed by atoms with van der Waals surface area (Å²) < 4.78 is 6.10. The molecule has 0 saturated heterocycles. The van der Waals surface area contributed by atoms with E-state index in [0.717, 1.165) is 0 Å². The standard InChI is InChI=1S/C13H17BrClNO3/c1-13(2,18)8-16(3)12(17)7-19-11-5-4-9(15)6-10(11)14/h4-6,18H,7-8H2,1-3H3. The van der Waals surface area contributed by atoms with Crippen molar-refractivity contribution in [2.45, 2.75) is 19.4 Å². The highest BCUT2D eigenvalue weighted by Crippen LogP contribution is 2.27. The summed E-state index contributed by atoms with van der Waals surface area (Å²) in [4.78, 5) is 13.3. The molecule has 0 heterocycles. The third-order valence-electron chi connectivity index (χ3n) is 2.29. The Morgan fingerprint density at radius 1 is 1.53 bits per heavy atom. The van der Waals surface area contributed by atoms with Crippen molar-refractivity contribution in [3.63, 3.8) is 0 Å². The van der Waals surface area contributed by atoms with Crippen LogP contribution in [0, 0.1) is 0 Å². The highest BCUT2D eigenvalue weighted by molar-refractivity contribution is 9.10. The van der Waals surface area contributed by atoms with Gasteiger partial charge >= 0.3 is 0 Å². The third kappa shape index (κ3) is 5.80. The summed E-state index contributed by atoms with van der Waals surface area (Å²) in [6, 6.07) is 5.07. The lowest BCUT2D eigenvalue weighted by Gasteiger charge is -2.25. The molecule has 0 radical (unpaired) electrons. The number of halogens is 2. The zero-order chi connectivity index (χ0) is 14.6. The van der Waals surface area contributed by atoms with Crippen molar-refractivity contribution in [3.05, 3.63) is 27.7 Å². The molecule has 1 amide bonds. The summed E-state index contributed by atoms with van der Waals surface area (Å²) in [6.07, 6.45) is 0. The number of hydrogen-bond acceptors (Lipinski definition) is 3. The number of amides is 1. The normalized spacial score (nSPS) is 11.3. The SMILES string of the molecule is CN(CC(C)(C)O)C(=O)COc1ccc(Cl)cc1Br. The molecule has 1 aromatic carbocycles. The molecule has 0 aromatic heterocycles. The predicted octanol–water partition coefficient (Wildman–Crippen LogP) is 2.71. The first-order valence-electron chi connectivity index (χ1n) is 5.73. The lowest BCUT2D eigenvalue weighted by Crippen LogP contribution is -2.41. The molecular weight excluding hydrogens is 334 g/mol. The van der Waals surface area contributed by atoms with Gasteiger partial charge in [0.15, 0.2) is 6.61 Å². The third-order valence-corrected chi connectivity index (χ3v) is 3.15. The summed E-state index contributed by atoms with van der Waals surface area (Å²) in [7, 11) is 1.63. The van der Waals surface area contributed by atoms with Crippen LogP contribution in [0.3, 0.4) is 0 Å². The van der Waals surface area contributed by atoms with E-state index < -0.39 is 5.60 Å². The van der Waals surface area contributed by atoms with Gasteiger partial charge in [0.05, 0.1) is 10.1 Å². The number of rotatable bonds is 5.